The highest BCUT2D eigenvalue weighted by molar-refractivity contribution is 6.01. The van der Waals surface area contributed by atoms with Crippen molar-refractivity contribution in [2.24, 2.45) is 0 Å². The Balaban J connectivity index is 1.60. The molecule has 0 radical (unpaired) electrons. The van der Waals surface area contributed by atoms with Crippen LogP contribution in [0.15, 0.2) is 48.5 Å². The third-order valence-electron chi connectivity index (χ3n) is 5.21. The molecule has 0 bridgehead atoms. The van der Waals surface area contributed by atoms with Crippen molar-refractivity contribution in [3.8, 4) is 5.75 Å². The number of hydrogen-bond acceptors (Lipinski definition) is 4. The first-order valence-corrected chi connectivity index (χ1v) is 10.0. The first-order chi connectivity index (χ1) is 14.6. The standard InChI is InChI=1S/C22H24FN5O2/c1-30-19-12-8-17(9-13-19)24-22(29)28(18-10-6-16(23)7-11-18)15-21-26-25-20-5-3-2-4-14-27(20)21/h6-13H,2-5,14-15H2,1H3,(H,24,29). The van der Waals surface area contributed by atoms with Gasteiger partial charge in [0, 0.05) is 24.3 Å². The number of nitrogens with one attached hydrogen (secondary N) is 1. The molecule has 1 aromatic heterocycles. The van der Waals surface area contributed by atoms with E-state index in [0.717, 1.165) is 43.9 Å². The fourth-order valence-corrected chi connectivity index (χ4v) is 3.57. The summed E-state index contributed by atoms with van der Waals surface area (Å²) in [5.41, 5.74) is 1.21. The van der Waals surface area contributed by atoms with Crippen LogP contribution in [0.5, 0.6) is 5.75 Å². The summed E-state index contributed by atoms with van der Waals surface area (Å²) >= 11 is 0. The van der Waals surface area contributed by atoms with E-state index in [2.05, 4.69) is 20.1 Å². The normalized spacial score (nSPS) is 13.3. The number of benzene rings is 2. The Morgan fingerprint density at radius 3 is 2.60 bits per heavy atom. The average Bonchev–Trinajstić information content (AvgIpc) is 2.98. The molecule has 3 aromatic rings. The lowest BCUT2D eigenvalue weighted by Crippen LogP contribution is -2.35. The van der Waals surface area contributed by atoms with Gasteiger partial charge < -0.3 is 14.6 Å². The Morgan fingerprint density at radius 2 is 1.87 bits per heavy atom. The molecule has 30 heavy (non-hydrogen) atoms. The van der Waals surface area contributed by atoms with Crippen LogP contribution in [-0.2, 0) is 19.5 Å². The third kappa shape index (κ3) is 4.42. The first-order valence-electron chi connectivity index (χ1n) is 10.0. The quantitative estimate of drug-likeness (QED) is 0.678. The molecular weight excluding hydrogens is 385 g/mol. The molecule has 2 heterocycles. The van der Waals surface area contributed by atoms with Crippen LogP contribution >= 0.6 is 0 Å². The van der Waals surface area contributed by atoms with Gasteiger partial charge >= 0.3 is 6.03 Å². The number of carbonyl (C=O) groups is 1. The van der Waals surface area contributed by atoms with E-state index in [4.69, 9.17) is 4.74 Å². The molecule has 0 fully saturated rings. The number of halogens is 1. The zero-order valence-electron chi connectivity index (χ0n) is 16.8. The molecule has 1 N–H and O–H groups in total. The largest absolute Gasteiger partial charge is 0.497 e. The van der Waals surface area contributed by atoms with E-state index in [1.807, 2.05) is 0 Å². The number of hydrogen-bond donors (Lipinski definition) is 1. The highest BCUT2D eigenvalue weighted by Gasteiger charge is 2.22. The van der Waals surface area contributed by atoms with Crippen molar-refractivity contribution in [1.82, 2.24) is 14.8 Å². The fourth-order valence-electron chi connectivity index (χ4n) is 3.57. The van der Waals surface area contributed by atoms with Crippen LogP contribution in [0.1, 0.15) is 30.9 Å². The van der Waals surface area contributed by atoms with Gasteiger partial charge in [-0.05, 0) is 61.4 Å². The molecule has 1 aliphatic rings. The molecule has 2 amide bonds. The maximum absolute atomic E-state index is 13.5. The number of aromatic nitrogens is 3. The topological polar surface area (TPSA) is 72.3 Å². The molecule has 0 unspecified atom stereocenters. The molecule has 0 aliphatic carbocycles. The molecule has 4 rings (SSSR count). The Bertz CT molecular complexity index is 1000. The number of ether oxygens (including phenoxy) is 1. The summed E-state index contributed by atoms with van der Waals surface area (Å²) in [6.07, 6.45) is 4.20. The lowest BCUT2D eigenvalue weighted by Gasteiger charge is -2.23. The molecule has 1 aliphatic heterocycles. The number of rotatable bonds is 5. The predicted octanol–water partition coefficient (Wildman–Crippen LogP) is 4.39. The van der Waals surface area contributed by atoms with Crippen LogP contribution < -0.4 is 15.0 Å². The Hall–Kier alpha value is -3.42. The van der Waals surface area contributed by atoms with Crippen LogP contribution in [-0.4, -0.2) is 27.9 Å². The number of methoxy groups -OCH3 is 1. The predicted molar refractivity (Wildman–Crippen MR) is 112 cm³/mol. The van der Waals surface area contributed by atoms with Gasteiger partial charge in [-0.1, -0.05) is 6.42 Å². The van der Waals surface area contributed by atoms with E-state index in [0.29, 0.717) is 17.1 Å². The van der Waals surface area contributed by atoms with Crippen molar-refractivity contribution in [3.63, 3.8) is 0 Å². The summed E-state index contributed by atoms with van der Waals surface area (Å²) in [5, 5.41) is 11.5. The maximum Gasteiger partial charge on any atom is 0.326 e. The summed E-state index contributed by atoms with van der Waals surface area (Å²) in [6.45, 7) is 1.08. The summed E-state index contributed by atoms with van der Waals surface area (Å²) in [5.74, 6) is 2.03. The van der Waals surface area contributed by atoms with Crippen molar-refractivity contribution < 1.29 is 13.9 Å². The number of nitrogens with zero attached hydrogens (tertiary/aromatic N) is 4. The van der Waals surface area contributed by atoms with Gasteiger partial charge in [0.1, 0.15) is 17.4 Å². The molecule has 0 atom stereocenters. The SMILES string of the molecule is COc1ccc(NC(=O)N(Cc2nnc3n2CCCCC3)c2ccc(F)cc2)cc1. The molecular formula is C22H24FN5O2. The number of carbonyl (C=O) groups excluding carboxylic acids is 1. The number of fused-ring (bicyclic) bond motifs is 1. The maximum atomic E-state index is 13.5. The minimum atomic E-state index is -0.356. The smallest absolute Gasteiger partial charge is 0.326 e. The van der Waals surface area contributed by atoms with Gasteiger partial charge in [-0.2, -0.15) is 0 Å². The second kappa shape index (κ2) is 8.94. The van der Waals surface area contributed by atoms with Crippen molar-refractivity contribution >= 4 is 17.4 Å². The van der Waals surface area contributed by atoms with Gasteiger partial charge in [0.05, 0.1) is 13.7 Å². The monoisotopic (exact) mass is 409 g/mol. The Labute approximate surface area is 174 Å². The zero-order chi connectivity index (χ0) is 20.9. The molecule has 156 valence electrons. The highest BCUT2D eigenvalue weighted by atomic mass is 19.1. The van der Waals surface area contributed by atoms with Crippen molar-refractivity contribution in [2.45, 2.75) is 38.8 Å². The fraction of sp³-hybridized carbons (Fsp3) is 0.318. The lowest BCUT2D eigenvalue weighted by molar-refractivity contribution is 0.256. The number of anilines is 2. The molecule has 8 heteroatoms. The lowest BCUT2D eigenvalue weighted by atomic mass is 10.2. The van der Waals surface area contributed by atoms with Gasteiger partial charge in [-0.15, -0.1) is 10.2 Å². The zero-order valence-corrected chi connectivity index (χ0v) is 16.8. The van der Waals surface area contributed by atoms with Crippen LogP contribution in [0.2, 0.25) is 0 Å². The van der Waals surface area contributed by atoms with Gasteiger partial charge in [-0.25, -0.2) is 9.18 Å². The van der Waals surface area contributed by atoms with Crippen LogP contribution in [0.4, 0.5) is 20.6 Å². The summed E-state index contributed by atoms with van der Waals surface area (Å²) in [7, 11) is 1.59. The second-order valence-electron chi connectivity index (χ2n) is 7.22. The molecule has 7 nitrogen and oxygen atoms in total. The first kappa shape index (κ1) is 19.9. The van der Waals surface area contributed by atoms with Crippen LogP contribution in [0, 0.1) is 5.82 Å². The summed E-state index contributed by atoms with van der Waals surface area (Å²) in [6, 6.07) is 12.6. The molecule has 0 spiro atoms. The van der Waals surface area contributed by atoms with Gasteiger partial charge in [0.2, 0.25) is 0 Å². The Morgan fingerprint density at radius 1 is 1.10 bits per heavy atom. The van der Waals surface area contributed by atoms with E-state index in [1.165, 1.54) is 12.1 Å². The third-order valence-corrected chi connectivity index (χ3v) is 5.21. The van der Waals surface area contributed by atoms with Gasteiger partial charge in [-0.3, -0.25) is 4.90 Å². The van der Waals surface area contributed by atoms with Gasteiger partial charge in [0.25, 0.3) is 0 Å². The minimum absolute atomic E-state index is 0.237. The van der Waals surface area contributed by atoms with Crippen LogP contribution in [0.3, 0.4) is 0 Å². The Kier molecular flexibility index (Phi) is 5.92. The molecule has 0 saturated carbocycles. The van der Waals surface area contributed by atoms with Gasteiger partial charge in [0.15, 0.2) is 5.82 Å². The molecule has 2 aromatic carbocycles. The van der Waals surface area contributed by atoms with Crippen molar-refractivity contribution in [2.75, 3.05) is 17.3 Å². The van der Waals surface area contributed by atoms with E-state index >= 15 is 0 Å². The summed E-state index contributed by atoms with van der Waals surface area (Å²) in [4.78, 5) is 14.7. The van der Waals surface area contributed by atoms with E-state index in [9.17, 15) is 9.18 Å². The highest BCUT2D eigenvalue weighted by Crippen LogP contribution is 2.22. The molecule has 0 saturated heterocycles. The number of aryl methyl sites for hydroxylation is 1. The minimum Gasteiger partial charge on any atom is -0.497 e. The number of amides is 2. The number of urea groups is 1. The van der Waals surface area contributed by atoms with E-state index in [-0.39, 0.29) is 18.4 Å². The van der Waals surface area contributed by atoms with Crippen molar-refractivity contribution in [1.29, 1.82) is 0 Å². The average molecular weight is 409 g/mol. The summed E-state index contributed by atoms with van der Waals surface area (Å²) < 4.78 is 20.7. The van der Waals surface area contributed by atoms with Crippen molar-refractivity contribution in [3.05, 3.63) is 66.0 Å². The van der Waals surface area contributed by atoms with Crippen LogP contribution in [0.25, 0.3) is 0 Å². The second-order valence-corrected chi connectivity index (χ2v) is 7.22. The van der Waals surface area contributed by atoms with E-state index in [1.54, 1.807) is 48.4 Å². The van der Waals surface area contributed by atoms with E-state index < -0.39 is 0 Å².